The Labute approximate surface area is 210 Å². The molecule has 5 heterocycles. The lowest BCUT2D eigenvalue weighted by atomic mass is 10.0. The molecule has 0 fully saturated rings. The lowest BCUT2D eigenvalue weighted by Crippen LogP contribution is -2.13. The molecule has 0 saturated heterocycles. The second-order valence-corrected chi connectivity index (χ2v) is 9.21. The molecular formula is C27H22FN7O2. The third kappa shape index (κ3) is 4.22. The number of aromatic nitrogens is 6. The zero-order valence-corrected chi connectivity index (χ0v) is 20.0. The van der Waals surface area contributed by atoms with E-state index < -0.39 is 5.82 Å². The molecule has 0 atom stereocenters. The molecule has 0 unspecified atom stereocenters. The number of carbonyl (C=O) groups is 1. The number of halogens is 1. The van der Waals surface area contributed by atoms with E-state index in [1.807, 2.05) is 32.0 Å². The summed E-state index contributed by atoms with van der Waals surface area (Å²) in [5.74, 6) is 0.152. The van der Waals surface area contributed by atoms with Crippen molar-refractivity contribution >= 4 is 33.5 Å². The summed E-state index contributed by atoms with van der Waals surface area (Å²) in [6, 6.07) is 8.65. The van der Waals surface area contributed by atoms with Crippen molar-refractivity contribution in [1.82, 2.24) is 30.1 Å². The number of nitrogens with one attached hydrogen (secondary N) is 3. The van der Waals surface area contributed by atoms with Crippen LogP contribution in [0.2, 0.25) is 0 Å². The van der Waals surface area contributed by atoms with Gasteiger partial charge in [-0.05, 0) is 41.8 Å². The zero-order chi connectivity index (χ0) is 25.5. The largest absolute Gasteiger partial charge is 0.472 e. The SMILES string of the molecule is CC(C)CC(=O)Nc1cncc(-c2cc(F)c3n[nH]c(-c4nc5c(-c6ccoc6)nccc5[nH]4)c3c2)c1. The molecule has 0 radical (unpaired) electrons. The number of aromatic amines is 2. The Morgan fingerprint density at radius 1 is 1.11 bits per heavy atom. The van der Waals surface area contributed by atoms with Crippen molar-refractivity contribution in [2.45, 2.75) is 20.3 Å². The number of fused-ring (bicyclic) bond motifs is 2. The third-order valence-electron chi connectivity index (χ3n) is 5.99. The molecule has 6 rings (SSSR count). The number of anilines is 1. The highest BCUT2D eigenvalue weighted by Crippen LogP contribution is 2.34. The average Bonchev–Trinajstić information content (AvgIpc) is 3.62. The van der Waals surface area contributed by atoms with E-state index in [0.717, 1.165) is 11.1 Å². The number of furan rings is 1. The second kappa shape index (κ2) is 8.98. The number of hydrogen-bond acceptors (Lipinski definition) is 6. The Morgan fingerprint density at radius 3 is 2.81 bits per heavy atom. The van der Waals surface area contributed by atoms with Crippen LogP contribution >= 0.6 is 0 Å². The molecule has 5 aromatic heterocycles. The molecule has 0 bridgehead atoms. The quantitative estimate of drug-likeness (QED) is 0.262. The highest BCUT2D eigenvalue weighted by atomic mass is 19.1. The van der Waals surface area contributed by atoms with E-state index in [0.29, 0.717) is 51.4 Å². The maximum atomic E-state index is 15.1. The van der Waals surface area contributed by atoms with Crippen LogP contribution in [0.25, 0.3) is 55.8 Å². The van der Waals surface area contributed by atoms with Crippen molar-refractivity contribution in [3.63, 3.8) is 0 Å². The molecule has 0 aliphatic heterocycles. The first-order chi connectivity index (χ1) is 18.0. The fraction of sp³-hybridized carbons (Fsp3) is 0.148. The number of hydrogen-bond donors (Lipinski definition) is 3. The fourth-order valence-corrected chi connectivity index (χ4v) is 4.34. The van der Waals surface area contributed by atoms with Crippen LogP contribution in [-0.2, 0) is 4.79 Å². The number of pyridine rings is 2. The predicted octanol–water partition coefficient (Wildman–Crippen LogP) is 5.95. The number of nitrogens with zero attached hydrogens (tertiary/aromatic N) is 4. The monoisotopic (exact) mass is 495 g/mol. The van der Waals surface area contributed by atoms with E-state index in [9.17, 15) is 4.79 Å². The topological polar surface area (TPSA) is 125 Å². The van der Waals surface area contributed by atoms with Crippen molar-refractivity contribution in [2.24, 2.45) is 5.92 Å². The van der Waals surface area contributed by atoms with Crippen LogP contribution in [0.5, 0.6) is 0 Å². The fourth-order valence-electron chi connectivity index (χ4n) is 4.34. The maximum absolute atomic E-state index is 15.1. The Kier molecular flexibility index (Phi) is 5.48. The van der Waals surface area contributed by atoms with Crippen LogP contribution in [0.4, 0.5) is 10.1 Å². The summed E-state index contributed by atoms with van der Waals surface area (Å²) in [4.78, 5) is 28.9. The summed E-state index contributed by atoms with van der Waals surface area (Å²) in [5, 5.41) is 10.5. The van der Waals surface area contributed by atoms with E-state index in [1.165, 1.54) is 6.07 Å². The van der Waals surface area contributed by atoms with Crippen molar-refractivity contribution in [3.8, 4) is 33.9 Å². The minimum absolute atomic E-state index is 0.0955. The minimum Gasteiger partial charge on any atom is -0.472 e. The van der Waals surface area contributed by atoms with Crippen LogP contribution in [0.15, 0.2) is 65.9 Å². The van der Waals surface area contributed by atoms with Crippen molar-refractivity contribution in [1.29, 1.82) is 0 Å². The molecule has 10 heteroatoms. The van der Waals surface area contributed by atoms with Crippen molar-refractivity contribution in [3.05, 3.63) is 67.3 Å². The maximum Gasteiger partial charge on any atom is 0.224 e. The lowest BCUT2D eigenvalue weighted by molar-refractivity contribution is -0.116. The number of benzene rings is 1. The van der Waals surface area contributed by atoms with Gasteiger partial charge in [0.25, 0.3) is 0 Å². The molecule has 3 N–H and O–H groups in total. The predicted molar refractivity (Wildman–Crippen MR) is 138 cm³/mol. The van der Waals surface area contributed by atoms with Crippen LogP contribution in [0.1, 0.15) is 20.3 Å². The Bertz CT molecular complexity index is 1750. The minimum atomic E-state index is -0.485. The number of imidazole rings is 1. The molecule has 184 valence electrons. The van der Waals surface area contributed by atoms with E-state index in [4.69, 9.17) is 9.40 Å². The molecule has 6 aromatic rings. The van der Waals surface area contributed by atoms with Gasteiger partial charge < -0.3 is 14.7 Å². The molecule has 37 heavy (non-hydrogen) atoms. The Balaban J connectivity index is 1.41. The summed E-state index contributed by atoms with van der Waals surface area (Å²) in [7, 11) is 0. The molecule has 0 aliphatic carbocycles. The first-order valence-electron chi connectivity index (χ1n) is 11.8. The van der Waals surface area contributed by atoms with Gasteiger partial charge in [-0.15, -0.1) is 0 Å². The number of H-pyrrole nitrogens is 2. The number of amides is 1. The first-order valence-corrected chi connectivity index (χ1v) is 11.8. The van der Waals surface area contributed by atoms with Crippen LogP contribution in [-0.4, -0.2) is 36.0 Å². The molecular weight excluding hydrogens is 473 g/mol. The van der Waals surface area contributed by atoms with Crippen molar-refractivity contribution in [2.75, 3.05) is 5.32 Å². The molecule has 0 spiro atoms. The third-order valence-corrected chi connectivity index (χ3v) is 5.99. The summed E-state index contributed by atoms with van der Waals surface area (Å²) in [5.41, 5.74) is 5.45. The number of rotatable bonds is 6. The van der Waals surface area contributed by atoms with Crippen LogP contribution in [0.3, 0.4) is 0 Å². The summed E-state index contributed by atoms with van der Waals surface area (Å²) >= 11 is 0. The zero-order valence-electron chi connectivity index (χ0n) is 20.0. The van der Waals surface area contributed by atoms with Gasteiger partial charge in [0, 0.05) is 35.3 Å². The van der Waals surface area contributed by atoms with Gasteiger partial charge in [0.1, 0.15) is 22.4 Å². The second-order valence-electron chi connectivity index (χ2n) is 9.21. The standard InChI is InChI=1S/C27H22FN7O2/c1-14(2)7-22(36)31-18-8-17(11-29-12-18)16-9-19-24(20(28)10-16)34-35-25(19)27-32-21-3-5-30-23(26(21)33-27)15-4-6-37-13-15/h3-6,8-14H,7H2,1-2H3,(H,31,36)(H,32,33)(H,34,35). The van der Waals surface area contributed by atoms with Crippen LogP contribution in [0, 0.1) is 11.7 Å². The van der Waals surface area contributed by atoms with Gasteiger partial charge in [-0.3, -0.25) is 19.9 Å². The highest BCUT2D eigenvalue weighted by Gasteiger charge is 2.19. The lowest BCUT2D eigenvalue weighted by Gasteiger charge is -2.09. The van der Waals surface area contributed by atoms with Gasteiger partial charge in [-0.2, -0.15) is 5.10 Å². The summed E-state index contributed by atoms with van der Waals surface area (Å²) < 4.78 is 20.4. The van der Waals surface area contributed by atoms with E-state index in [2.05, 4.69) is 30.5 Å². The smallest absolute Gasteiger partial charge is 0.224 e. The van der Waals surface area contributed by atoms with Crippen molar-refractivity contribution < 1.29 is 13.6 Å². The highest BCUT2D eigenvalue weighted by molar-refractivity contribution is 5.98. The molecule has 9 nitrogen and oxygen atoms in total. The summed E-state index contributed by atoms with van der Waals surface area (Å²) in [6.45, 7) is 3.96. The average molecular weight is 496 g/mol. The normalized spacial score (nSPS) is 11.6. The van der Waals surface area contributed by atoms with Gasteiger partial charge in [-0.1, -0.05) is 13.8 Å². The molecule has 1 amide bonds. The Hall–Kier alpha value is -4.86. The molecule has 0 saturated carbocycles. The van der Waals surface area contributed by atoms with E-state index in [-0.39, 0.29) is 17.3 Å². The first kappa shape index (κ1) is 22.6. The summed E-state index contributed by atoms with van der Waals surface area (Å²) in [6.07, 6.45) is 8.48. The molecule has 1 aromatic carbocycles. The van der Waals surface area contributed by atoms with Gasteiger partial charge in [-0.25, -0.2) is 9.37 Å². The Morgan fingerprint density at radius 2 is 2.00 bits per heavy atom. The van der Waals surface area contributed by atoms with Gasteiger partial charge in [0.2, 0.25) is 5.91 Å². The van der Waals surface area contributed by atoms with E-state index >= 15 is 4.39 Å². The number of carbonyl (C=O) groups excluding carboxylic acids is 1. The van der Waals surface area contributed by atoms with Gasteiger partial charge in [0.05, 0.1) is 29.9 Å². The van der Waals surface area contributed by atoms with Crippen LogP contribution < -0.4 is 5.32 Å². The van der Waals surface area contributed by atoms with E-state index in [1.54, 1.807) is 37.2 Å². The van der Waals surface area contributed by atoms with Gasteiger partial charge >= 0.3 is 0 Å². The van der Waals surface area contributed by atoms with Gasteiger partial charge in [0.15, 0.2) is 11.6 Å². The molecule has 0 aliphatic rings.